The summed E-state index contributed by atoms with van der Waals surface area (Å²) in [5, 5.41) is 4.14. The summed E-state index contributed by atoms with van der Waals surface area (Å²) in [6.45, 7) is 6.80. The van der Waals surface area contributed by atoms with E-state index < -0.39 is 31.2 Å². The van der Waals surface area contributed by atoms with Gasteiger partial charge in [-0.1, -0.05) is 54.6 Å². The summed E-state index contributed by atoms with van der Waals surface area (Å²) in [5.74, 6) is 0. The number of halogens is 3. The maximum atomic E-state index is 10.7. The van der Waals surface area contributed by atoms with Crippen LogP contribution < -0.4 is 15.9 Å². The average Bonchev–Trinajstić information content (AvgIpc) is 2.75. The Morgan fingerprint density at radius 2 is 1.03 bits per heavy atom. The molecule has 0 aliphatic heterocycles. The second-order valence-electron chi connectivity index (χ2n) is 8.10. The molecule has 0 spiro atoms. The maximum absolute atomic E-state index is 10.7. The van der Waals surface area contributed by atoms with Crippen molar-refractivity contribution < 1.29 is 30.6 Å². The van der Waals surface area contributed by atoms with Crippen LogP contribution in [0.2, 0.25) is 19.6 Å². The molecule has 0 unspecified atom stereocenters. The second kappa shape index (κ2) is 10.9. The standard InChI is InChI=1S/C22H26OPSi.CHF3O3S/c1-25(2,3)23-19-24(20-13-7-4-8-14-20,21-15-9-5-10-16-21)22-17-11-6-12-18-22;2-1(3,4)8(5,6)7/h4-18H,19H2,1-3H3;(H,5,6,7)/q+1;/p-1. The van der Waals surface area contributed by atoms with Crippen molar-refractivity contribution in [2.45, 2.75) is 25.1 Å². The van der Waals surface area contributed by atoms with Gasteiger partial charge in [-0.3, -0.25) is 0 Å². The van der Waals surface area contributed by atoms with Crippen molar-refractivity contribution >= 4 is 41.6 Å². The average molecular weight is 515 g/mol. The summed E-state index contributed by atoms with van der Waals surface area (Å²) in [5.41, 5.74) is -5.65. The molecule has 178 valence electrons. The quantitative estimate of drug-likeness (QED) is 0.204. The number of benzene rings is 3. The highest BCUT2D eigenvalue weighted by Crippen LogP contribution is 2.55. The third-order valence-corrected chi connectivity index (χ3v) is 10.4. The van der Waals surface area contributed by atoms with E-state index in [4.69, 9.17) is 17.4 Å². The summed E-state index contributed by atoms with van der Waals surface area (Å²) in [7, 11) is -9.57. The summed E-state index contributed by atoms with van der Waals surface area (Å²) >= 11 is 0. The minimum Gasteiger partial charge on any atom is -0.741 e. The summed E-state index contributed by atoms with van der Waals surface area (Å²) in [6, 6.07) is 32.7. The SMILES string of the molecule is C[Si](C)(C)OC[P+](c1ccccc1)(c1ccccc1)c1ccccc1.O=S(=O)([O-])C(F)(F)F. The van der Waals surface area contributed by atoms with Crippen molar-refractivity contribution in [3.05, 3.63) is 91.0 Å². The molecule has 0 saturated heterocycles. The molecule has 3 rings (SSSR count). The van der Waals surface area contributed by atoms with Gasteiger partial charge in [-0.05, 0) is 56.0 Å². The molecule has 0 saturated carbocycles. The lowest BCUT2D eigenvalue weighted by Gasteiger charge is -2.30. The Morgan fingerprint density at radius 1 is 0.758 bits per heavy atom. The van der Waals surface area contributed by atoms with Crippen LogP contribution in [0.15, 0.2) is 91.0 Å². The van der Waals surface area contributed by atoms with Gasteiger partial charge in [-0.15, -0.1) is 0 Å². The molecule has 0 amide bonds. The molecule has 0 atom stereocenters. The van der Waals surface area contributed by atoms with Gasteiger partial charge < -0.3 is 8.98 Å². The van der Waals surface area contributed by atoms with Gasteiger partial charge in [-0.2, -0.15) is 13.2 Å². The minimum atomic E-state index is -6.09. The molecule has 0 radical (unpaired) electrons. The van der Waals surface area contributed by atoms with E-state index in [2.05, 4.69) is 111 Å². The van der Waals surface area contributed by atoms with Crippen LogP contribution in [0, 0.1) is 0 Å². The van der Waals surface area contributed by atoms with E-state index >= 15 is 0 Å². The van der Waals surface area contributed by atoms with Gasteiger partial charge >= 0.3 is 5.51 Å². The van der Waals surface area contributed by atoms with Gasteiger partial charge in [0.15, 0.2) is 24.8 Å². The van der Waals surface area contributed by atoms with Crippen molar-refractivity contribution in [3.63, 3.8) is 0 Å². The third kappa shape index (κ3) is 7.48. The van der Waals surface area contributed by atoms with Crippen molar-refractivity contribution in [1.82, 2.24) is 0 Å². The van der Waals surface area contributed by atoms with Crippen LogP contribution >= 0.6 is 7.26 Å². The Kier molecular flexibility index (Phi) is 9.01. The third-order valence-electron chi connectivity index (χ3n) is 4.57. The zero-order valence-corrected chi connectivity index (χ0v) is 21.2. The molecule has 0 aliphatic rings. The topological polar surface area (TPSA) is 66.4 Å². The zero-order valence-electron chi connectivity index (χ0n) is 18.5. The number of rotatable bonds is 6. The van der Waals surface area contributed by atoms with Crippen LogP contribution in [-0.4, -0.2) is 33.1 Å². The summed E-state index contributed by atoms with van der Waals surface area (Å²) < 4.78 is 65.4. The lowest BCUT2D eigenvalue weighted by atomic mass is 10.4. The molecule has 0 heterocycles. The molecule has 4 nitrogen and oxygen atoms in total. The number of hydrogen-bond acceptors (Lipinski definition) is 4. The van der Waals surface area contributed by atoms with Gasteiger partial charge in [0.25, 0.3) is 0 Å². The summed E-state index contributed by atoms with van der Waals surface area (Å²) in [4.78, 5) is 0. The molecule has 0 aromatic heterocycles. The van der Waals surface area contributed by atoms with Gasteiger partial charge in [0, 0.05) is 0 Å². The minimum absolute atomic E-state index is 0.765. The van der Waals surface area contributed by atoms with Crippen LogP contribution in [-0.2, 0) is 14.5 Å². The number of alkyl halides is 3. The molecular weight excluding hydrogens is 488 g/mol. The Labute approximate surface area is 194 Å². The fourth-order valence-electron chi connectivity index (χ4n) is 3.01. The van der Waals surface area contributed by atoms with E-state index in [1.54, 1.807) is 0 Å². The summed E-state index contributed by atoms with van der Waals surface area (Å²) in [6.07, 6.45) is 0.765. The zero-order chi connectivity index (χ0) is 24.8. The van der Waals surface area contributed by atoms with Gasteiger partial charge in [0.05, 0.1) is 0 Å². The second-order valence-corrected chi connectivity index (χ2v) is 17.4. The first-order valence-corrected chi connectivity index (χ1v) is 16.8. The lowest BCUT2D eigenvalue weighted by molar-refractivity contribution is -0.0517. The molecule has 0 bridgehead atoms. The van der Waals surface area contributed by atoms with E-state index in [9.17, 15) is 13.2 Å². The van der Waals surface area contributed by atoms with Crippen LogP contribution in [0.25, 0.3) is 0 Å². The van der Waals surface area contributed by atoms with E-state index in [1.807, 2.05) is 0 Å². The molecular formula is C23H26F3O4PSSi. The van der Waals surface area contributed by atoms with Gasteiger partial charge in [0.2, 0.25) is 0 Å². The maximum Gasteiger partial charge on any atom is 0.485 e. The first kappa shape index (κ1) is 27.2. The molecule has 0 N–H and O–H groups in total. The highest BCUT2D eigenvalue weighted by Gasteiger charge is 2.46. The molecule has 0 fully saturated rings. The van der Waals surface area contributed by atoms with E-state index in [0.717, 1.165) is 6.35 Å². The molecule has 3 aromatic carbocycles. The Hall–Kier alpha value is -2.03. The molecule has 33 heavy (non-hydrogen) atoms. The van der Waals surface area contributed by atoms with Crippen molar-refractivity contribution in [1.29, 1.82) is 0 Å². The smallest absolute Gasteiger partial charge is 0.485 e. The highest BCUT2D eigenvalue weighted by molar-refractivity contribution is 7.95. The predicted octanol–water partition coefficient (Wildman–Crippen LogP) is 4.84. The molecule has 10 heteroatoms. The Balaban J connectivity index is 0.000000414. The Morgan fingerprint density at radius 3 is 1.24 bits per heavy atom. The largest absolute Gasteiger partial charge is 0.741 e. The first-order valence-electron chi connectivity index (χ1n) is 9.98. The fourth-order valence-corrected chi connectivity index (χ4v) is 8.72. The van der Waals surface area contributed by atoms with Crippen LogP contribution in [0.1, 0.15) is 0 Å². The van der Waals surface area contributed by atoms with Crippen LogP contribution in [0.5, 0.6) is 0 Å². The van der Waals surface area contributed by atoms with Crippen molar-refractivity contribution in [3.8, 4) is 0 Å². The first-order chi connectivity index (χ1) is 15.3. The fraction of sp³-hybridized carbons (Fsp3) is 0.217. The van der Waals surface area contributed by atoms with E-state index in [-0.39, 0.29) is 0 Å². The van der Waals surface area contributed by atoms with Gasteiger partial charge in [-0.25, -0.2) is 8.42 Å². The predicted molar refractivity (Wildman–Crippen MR) is 130 cm³/mol. The Bertz CT molecular complexity index is 1010. The van der Waals surface area contributed by atoms with E-state index in [1.165, 1.54) is 15.9 Å². The van der Waals surface area contributed by atoms with Crippen molar-refractivity contribution in [2.75, 3.05) is 6.35 Å². The van der Waals surface area contributed by atoms with E-state index in [0.29, 0.717) is 0 Å². The normalized spacial score (nSPS) is 12.6. The monoisotopic (exact) mass is 514 g/mol. The highest BCUT2D eigenvalue weighted by atomic mass is 32.2. The van der Waals surface area contributed by atoms with Crippen LogP contribution in [0.3, 0.4) is 0 Å². The lowest BCUT2D eigenvalue weighted by Crippen LogP contribution is -2.37. The molecule has 0 aliphatic carbocycles. The van der Waals surface area contributed by atoms with Crippen LogP contribution in [0.4, 0.5) is 13.2 Å². The number of hydrogen-bond donors (Lipinski definition) is 0. The van der Waals surface area contributed by atoms with Crippen molar-refractivity contribution in [2.24, 2.45) is 0 Å². The van der Waals surface area contributed by atoms with Gasteiger partial charge in [0.1, 0.15) is 23.2 Å². The molecule has 3 aromatic rings.